The first kappa shape index (κ1) is 13.9. The van der Waals surface area contributed by atoms with Crippen molar-refractivity contribution in [3.05, 3.63) is 24.4 Å². The van der Waals surface area contributed by atoms with Gasteiger partial charge in [0.1, 0.15) is 5.82 Å². The number of ether oxygens (including phenoxy) is 2. The molecule has 1 fully saturated rings. The molecular formula is C16H20N2O3. The minimum Gasteiger partial charge on any atom is -0.493 e. The lowest BCUT2D eigenvalue weighted by Gasteiger charge is -2.25. The average molecular weight is 288 g/mol. The van der Waals surface area contributed by atoms with Gasteiger partial charge in [-0.3, -0.25) is 0 Å². The predicted molar refractivity (Wildman–Crippen MR) is 82.3 cm³/mol. The van der Waals surface area contributed by atoms with Gasteiger partial charge in [-0.15, -0.1) is 0 Å². The molecule has 1 aliphatic rings. The topological polar surface area (TPSA) is 54.8 Å². The second-order valence-corrected chi connectivity index (χ2v) is 5.23. The number of anilines is 1. The lowest BCUT2D eigenvalue weighted by molar-refractivity contribution is 0.266. The van der Waals surface area contributed by atoms with E-state index in [4.69, 9.17) is 9.47 Å². The third-order valence-electron chi connectivity index (χ3n) is 4.11. The number of rotatable bonds is 4. The van der Waals surface area contributed by atoms with Crippen LogP contribution < -0.4 is 14.4 Å². The first-order valence-electron chi connectivity index (χ1n) is 7.16. The molecule has 1 N–H and O–H groups in total. The summed E-state index contributed by atoms with van der Waals surface area (Å²) >= 11 is 0. The van der Waals surface area contributed by atoms with Crippen molar-refractivity contribution in [1.82, 2.24) is 4.98 Å². The van der Waals surface area contributed by atoms with Crippen LogP contribution in [0.4, 0.5) is 5.82 Å². The zero-order valence-electron chi connectivity index (χ0n) is 12.4. The number of aliphatic hydroxyl groups is 1. The maximum Gasteiger partial charge on any atom is 0.161 e. The molecule has 1 aliphatic heterocycles. The summed E-state index contributed by atoms with van der Waals surface area (Å²) in [5, 5.41) is 11.6. The summed E-state index contributed by atoms with van der Waals surface area (Å²) in [4.78, 5) is 6.73. The van der Waals surface area contributed by atoms with Gasteiger partial charge in [0, 0.05) is 18.1 Å². The van der Waals surface area contributed by atoms with Crippen molar-refractivity contribution in [2.75, 3.05) is 32.3 Å². The Morgan fingerprint density at radius 3 is 2.76 bits per heavy atom. The smallest absolute Gasteiger partial charge is 0.161 e. The monoisotopic (exact) mass is 288 g/mol. The highest BCUT2D eigenvalue weighted by molar-refractivity contribution is 5.94. The van der Waals surface area contributed by atoms with Gasteiger partial charge in [-0.05, 0) is 36.4 Å². The highest BCUT2D eigenvalue weighted by Crippen LogP contribution is 2.37. The van der Waals surface area contributed by atoms with Crippen molar-refractivity contribution in [3.63, 3.8) is 0 Å². The van der Waals surface area contributed by atoms with Crippen LogP contribution in [0.25, 0.3) is 10.8 Å². The molecule has 3 rings (SSSR count). The van der Waals surface area contributed by atoms with E-state index in [9.17, 15) is 5.11 Å². The molecule has 1 aromatic heterocycles. The van der Waals surface area contributed by atoms with E-state index in [1.807, 2.05) is 18.2 Å². The van der Waals surface area contributed by atoms with Crippen molar-refractivity contribution >= 4 is 16.6 Å². The summed E-state index contributed by atoms with van der Waals surface area (Å²) in [6.45, 7) is 1.08. The summed E-state index contributed by atoms with van der Waals surface area (Å²) in [5.41, 5.74) is 0. The van der Waals surface area contributed by atoms with Crippen LogP contribution in [0.5, 0.6) is 11.5 Å². The molecule has 2 heterocycles. The molecule has 0 amide bonds. The van der Waals surface area contributed by atoms with Crippen LogP contribution in [0, 0.1) is 0 Å². The first-order valence-corrected chi connectivity index (χ1v) is 7.16. The Morgan fingerprint density at radius 2 is 2.05 bits per heavy atom. The Labute approximate surface area is 124 Å². The van der Waals surface area contributed by atoms with E-state index in [-0.39, 0.29) is 12.6 Å². The summed E-state index contributed by atoms with van der Waals surface area (Å²) in [6, 6.07) is 6.04. The van der Waals surface area contributed by atoms with E-state index >= 15 is 0 Å². The second-order valence-electron chi connectivity index (χ2n) is 5.23. The molecule has 5 heteroatoms. The van der Waals surface area contributed by atoms with Crippen LogP contribution >= 0.6 is 0 Å². The number of aliphatic hydroxyl groups excluding tert-OH is 1. The fourth-order valence-electron chi connectivity index (χ4n) is 3.02. The lowest BCUT2D eigenvalue weighted by atomic mass is 10.1. The molecular weight excluding hydrogens is 268 g/mol. The van der Waals surface area contributed by atoms with Crippen LogP contribution in [-0.4, -0.2) is 43.5 Å². The molecule has 0 spiro atoms. The van der Waals surface area contributed by atoms with Crippen LogP contribution in [0.3, 0.4) is 0 Å². The van der Waals surface area contributed by atoms with Crippen molar-refractivity contribution in [2.24, 2.45) is 0 Å². The van der Waals surface area contributed by atoms with Gasteiger partial charge in [0.2, 0.25) is 0 Å². The van der Waals surface area contributed by atoms with E-state index < -0.39 is 0 Å². The Bertz CT molecular complexity index is 645. The molecule has 0 bridgehead atoms. The molecule has 0 saturated carbocycles. The van der Waals surface area contributed by atoms with E-state index in [2.05, 4.69) is 9.88 Å². The number of pyridine rings is 1. The third-order valence-corrected chi connectivity index (χ3v) is 4.11. The molecule has 0 radical (unpaired) electrons. The molecule has 1 aromatic carbocycles. The van der Waals surface area contributed by atoms with E-state index in [0.29, 0.717) is 11.5 Å². The Hall–Kier alpha value is -2.01. The zero-order chi connectivity index (χ0) is 14.8. The summed E-state index contributed by atoms with van der Waals surface area (Å²) < 4.78 is 10.7. The molecule has 1 saturated heterocycles. The molecule has 5 nitrogen and oxygen atoms in total. The number of hydrogen-bond acceptors (Lipinski definition) is 5. The fraction of sp³-hybridized carbons (Fsp3) is 0.438. The van der Waals surface area contributed by atoms with Crippen LogP contribution in [0.2, 0.25) is 0 Å². The predicted octanol–water partition coefficient (Wildman–Crippen LogP) is 2.21. The minimum atomic E-state index is 0.149. The van der Waals surface area contributed by atoms with Crippen molar-refractivity contribution in [1.29, 1.82) is 0 Å². The van der Waals surface area contributed by atoms with Gasteiger partial charge in [0.25, 0.3) is 0 Å². The number of nitrogens with zero attached hydrogens (tertiary/aromatic N) is 2. The van der Waals surface area contributed by atoms with Gasteiger partial charge in [-0.1, -0.05) is 0 Å². The first-order chi connectivity index (χ1) is 10.3. The molecule has 1 atom stereocenters. The Kier molecular flexibility index (Phi) is 3.84. The molecule has 21 heavy (non-hydrogen) atoms. The van der Waals surface area contributed by atoms with Gasteiger partial charge in [-0.25, -0.2) is 4.98 Å². The summed E-state index contributed by atoms with van der Waals surface area (Å²) in [5.74, 6) is 2.31. The largest absolute Gasteiger partial charge is 0.493 e. The van der Waals surface area contributed by atoms with Crippen molar-refractivity contribution in [3.8, 4) is 11.5 Å². The van der Waals surface area contributed by atoms with Gasteiger partial charge in [-0.2, -0.15) is 0 Å². The highest BCUT2D eigenvalue weighted by atomic mass is 16.5. The van der Waals surface area contributed by atoms with Gasteiger partial charge in [0.05, 0.1) is 26.9 Å². The average Bonchev–Trinajstić information content (AvgIpc) is 3.01. The van der Waals surface area contributed by atoms with Gasteiger partial charge < -0.3 is 19.5 Å². The lowest BCUT2D eigenvalue weighted by Crippen LogP contribution is -2.32. The quantitative estimate of drug-likeness (QED) is 0.935. The molecule has 112 valence electrons. The second kappa shape index (κ2) is 5.77. The van der Waals surface area contributed by atoms with Crippen LogP contribution in [0.15, 0.2) is 24.4 Å². The third kappa shape index (κ3) is 2.38. The Balaban J connectivity index is 2.15. The van der Waals surface area contributed by atoms with E-state index in [1.165, 1.54) is 0 Å². The highest BCUT2D eigenvalue weighted by Gasteiger charge is 2.26. The minimum absolute atomic E-state index is 0.149. The number of benzene rings is 1. The maximum atomic E-state index is 9.54. The molecule has 2 aromatic rings. The van der Waals surface area contributed by atoms with Crippen LogP contribution in [0.1, 0.15) is 12.8 Å². The molecule has 0 aliphatic carbocycles. The maximum absolute atomic E-state index is 9.54. The zero-order valence-corrected chi connectivity index (χ0v) is 12.4. The summed E-state index contributed by atoms with van der Waals surface area (Å²) in [6.07, 6.45) is 3.88. The molecule has 1 unspecified atom stereocenters. The fourth-order valence-corrected chi connectivity index (χ4v) is 3.02. The number of hydrogen-bond donors (Lipinski definition) is 1. The number of fused-ring (bicyclic) bond motifs is 1. The van der Waals surface area contributed by atoms with E-state index in [1.54, 1.807) is 20.4 Å². The van der Waals surface area contributed by atoms with Gasteiger partial charge >= 0.3 is 0 Å². The van der Waals surface area contributed by atoms with Gasteiger partial charge in [0.15, 0.2) is 11.5 Å². The summed E-state index contributed by atoms with van der Waals surface area (Å²) in [7, 11) is 3.26. The number of aromatic nitrogens is 1. The van der Waals surface area contributed by atoms with Crippen molar-refractivity contribution in [2.45, 2.75) is 18.9 Å². The van der Waals surface area contributed by atoms with Crippen molar-refractivity contribution < 1.29 is 14.6 Å². The number of methoxy groups -OCH3 is 2. The normalized spacial score (nSPS) is 18.2. The van der Waals surface area contributed by atoms with Crippen LogP contribution in [-0.2, 0) is 0 Å². The Morgan fingerprint density at radius 1 is 1.29 bits per heavy atom. The van der Waals surface area contributed by atoms with E-state index in [0.717, 1.165) is 36.0 Å². The standard InChI is InChI=1S/C16H20N2O3/c1-20-14-8-11-5-6-17-16(13(11)9-15(14)21-2)18-7-3-4-12(18)10-19/h5-6,8-9,12,19H,3-4,7,10H2,1-2H3. The SMILES string of the molecule is COc1cc2ccnc(N3CCCC3CO)c2cc1OC.